The minimum absolute atomic E-state index is 0.0479. The zero-order valence-electron chi connectivity index (χ0n) is 14.4. The molecule has 0 spiro atoms. The molecule has 0 fully saturated rings. The number of hydrogen-bond donors (Lipinski definition) is 1. The minimum Gasteiger partial charge on any atom is -0.497 e. The first-order chi connectivity index (χ1) is 11.4. The summed E-state index contributed by atoms with van der Waals surface area (Å²) < 4.78 is 11.0. The van der Waals surface area contributed by atoms with Crippen LogP contribution in [0.3, 0.4) is 0 Å². The number of nitrogens with zero attached hydrogens (tertiary/aromatic N) is 1. The highest BCUT2D eigenvalue weighted by Gasteiger charge is 2.28. The topological polar surface area (TPSA) is 60.5 Å². The number of hydrogen-bond acceptors (Lipinski definition) is 5. The molecule has 1 aliphatic rings. The molecule has 1 aromatic heterocycles. The highest BCUT2D eigenvalue weighted by atomic mass is 32.1. The first-order valence-electron chi connectivity index (χ1n) is 7.93. The maximum absolute atomic E-state index is 12.6. The molecule has 6 heteroatoms. The number of carbonyl (C=O) groups is 1. The molecule has 2 heterocycles. The van der Waals surface area contributed by atoms with E-state index in [1.807, 2.05) is 18.2 Å². The summed E-state index contributed by atoms with van der Waals surface area (Å²) in [6, 6.07) is 5.73. The van der Waals surface area contributed by atoms with Crippen LogP contribution >= 0.6 is 11.3 Å². The van der Waals surface area contributed by atoms with Gasteiger partial charge in [-0.05, 0) is 18.1 Å². The number of methoxy groups -OCH3 is 1. The number of ether oxygens (including phenoxy) is 2. The van der Waals surface area contributed by atoms with Crippen LogP contribution < -0.4 is 14.8 Å². The van der Waals surface area contributed by atoms with Crippen LogP contribution in [0.4, 0.5) is 0 Å². The van der Waals surface area contributed by atoms with E-state index in [2.05, 4.69) is 31.1 Å². The predicted octanol–water partition coefficient (Wildman–Crippen LogP) is 3.18. The standard InChI is InChI=1S/C18H22N2O3S/c1-18(2,3)16-15(24-10-19-16)17(21)20-12-7-11-5-6-13(22-4)8-14(11)23-9-12/h5-6,8,10,12H,7,9H2,1-4H3,(H,20,21). The van der Waals surface area contributed by atoms with E-state index in [-0.39, 0.29) is 17.4 Å². The first-order valence-corrected chi connectivity index (χ1v) is 8.81. The molecule has 1 aliphatic heterocycles. The van der Waals surface area contributed by atoms with Crippen LogP contribution in [0.1, 0.15) is 41.7 Å². The van der Waals surface area contributed by atoms with Crippen molar-refractivity contribution in [2.24, 2.45) is 0 Å². The molecule has 0 radical (unpaired) electrons. The molecule has 0 bridgehead atoms. The summed E-state index contributed by atoms with van der Waals surface area (Å²) in [5, 5.41) is 3.08. The van der Waals surface area contributed by atoms with Crippen molar-refractivity contribution in [2.45, 2.75) is 38.6 Å². The number of aromatic nitrogens is 1. The van der Waals surface area contributed by atoms with Gasteiger partial charge < -0.3 is 14.8 Å². The second-order valence-corrected chi connectivity index (χ2v) is 7.79. The lowest BCUT2D eigenvalue weighted by molar-refractivity contribution is 0.0917. The van der Waals surface area contributed by atoms with Crippen LogP contribution in [-0.4, -0.2) is 30.6 Å². The number of rotatable bonds is 3. The van der Waals surface area contributed by atoms with Gasteiger partial charge in [-0.2, -0.15) is 0 Å². The lowest BCUT2D eigenvalue weighted by Crippen LogP contribution is -2.43. The normalized spacial score (nSPS) is 16.9. The molecule has 3 rings (SSSR count). The average molecular weight is 346 g/mol. The lowest BCUT2D eigenvalue weighted by atomic mass is 9.91. The van der Waals surface area contributed by atoms with Crippen molar-refractivity contribution in [3.05, 3.63) is 39.8 Å². The molecule has 1 N–H and O–H groups in total. The third-order valence-electron chi connectivity index (χ3n) is 4.00. The molecule has 0 saturated carbocycles. The number of nitrogens with one attached hydrogen (secondary N) is 1. The van der Waals surface area contributed by atoms with Gasteiger partial charge in [-0.15, -0.1) is 11.3 Å². The maximum Gasteiger partial charge on any atom is 0.263 e. The van der Waals surface area contributed by atoms with E-state index in [0.29, 0.717) is 11.5 Å². The molecule has 24 heavy (non-hydrogen) atoms. The van der Waals surface area contributed by atoms with Crippen molar-refractivity contribution in [3.8, 4) is 11.5 Å². The quantitative estimate of drug-likeness (QED) is 0.927. The zero-order chi connectivity index (χ0) is 17.3. The van der Waals surface area contributed by atoms with Gasteiger partial charge in [0.25, 0.3) is 5.91 Å². The third-order valence-corrected chi connectivity index (χ3v) is 4.83. The molecule has 1 atom stereocenters. The Balaban J connectivity index is 1.71. The molecule has 0 saturated heterocycles. The van der Waals surface area contributed by atoms with Gasteiger partial charge in [-0.25, -0.2) is 4.98 Å². The van der Waals surface area contributed by atoms with E-state index >= 15 is 0 Å². The van der Waals surface area contributed by atoms with E-state index in [0.717, 1.165) is 29.2 Å². The fourth-order valence-electron chi connectivity index (χ4n) is 2.76. The van der Waals surface area contributed by atoms with E-state index in [1.165, 1.54) is 11.3 Å². The number of benzene rings is 1. The summed E-state index contributed by atoms with van der Waals surface area (Å²) in [5.74, 6) is 1.52. The molecule has 0 aliphatic carbocycles. The van der Waals surface area contributed by atoms with Crippen LogP contribution in [0.2, 0.25) is 0 Å². The fraction of sp³-hybridized carbons (Fsp3) is 0.444. The van der Waals surface area contributed by atoms with Crippen molar-refractivity contribution < 1.29 is 14.3 Å². The Labute approximate surface area is 146 Å². The predicted molar refractivity (Wildman–Crippen MR) is 94.3 cm³/mol. The molecule has 5 nitrogen and oxygen atoms in total. The Hall–Kier alpha value is -2.08. The van der Waals surface area contributed by atoms with Crippen LogP contribution in [0.15, 0.2) is 23.7 Å². The van der Waals surface area contributed by atoms with Crippen LogP contribution in [0.25, 0.3) is 0 Å². The van der Waals surface area contributed by atoms with Gasteiger partial charge in [0.15, 0.2) is 0 Å². The SMILES string of the molecule is COc1ccc2c(c1)OCC(NC(=O)c1scnc1C(C)(C)C)C2. The Kier molecular flexibility index (Phi) is 4.49. The van der Waals surface area contributed by atoms with Crippen LogP contribution in [-0.2, 0) is 11.8 Å². The third kappa shape index (κ3) is 3.38. The van der Waals surface area contributed by atoms with Crippen molar-refractivity contribution in [2.75, 3.05) is 13.7 Å². The highest BCUT2D eigenvalue weighted by molar-refractivity contribution is 7.11. The number of amides is 1. The summed E-state index contributed by atoms with van der Waals surface area (Å²) in [4.78, 5) is 17.7. The largest absolute Gasteiger partial charge is 0.497 e. The van der Waals surface area contributed by atoms with E-state index in [9.17, 15) is 4.79 Å². The molecular formula is C18H22N2O3S. The highest BCUT2D eigenvalue weighted by Crippen LogP contribution is 2.30. The Morgan fingerprint density at radius 3 is 2.92 bits per heavy atom. The minimum atomic E-state index is -0.154. The molecular weight excluding hydrogens is 324 g/mol. The van der Waals surface area contributed by atoms with Gasteiger partial charge in [0.1, 0.15) is 23.0 Å². The van der Waals surface area contributed by atoms with Gasteiger partial charge >= 0.3 is 0 Å². The maximum atomic E-state index is 12.6. The van der Waals surface area contributed by atoms with Gasteiger partial charge in [-0.1, -0.05) is 26.8 Å². The summed E-state index contributed by atoms with van der Waals surface area (Å²) in [6.07, 6.45) is 0.745. The van der Waals surface area contributed by atoms with E-state index in [4.69, 9.17) is 9.47 Å². The molecule has 1 unspecified atom stereocenters. The van der Waals surface area contributed by atoms with Gasteiger partial charge in [0.05, 0.1) is 24.4 Å². The van der Waals surface area contributed by atoms with Gasteiger partial charge in [0.2, 0.25) is 0 Å². The van der Waals surface area contributed by atoms with E-state index in [1.54, 1.807) is 12.6 Å². The molecule has 128 valence electrons. The Bertz CT molecular complexity index is 749. The molecule has 1 amide bonds. The Morgan fingerprint density at radius 2 is 2.21 bits per heavy atom. The smallest absolute Gasteiger partial charge is 0.263 e. The summed E-state index contributed by atoms with van der Waals surface area (Å²) in [7, 11) is 1.63. The zero-order valence-corrected chi connectivity index (χ0v) is 15.2. The number of carbonyl (C=O) groups excluding carboxylic acids is 1. The first kappa shape index (κ1) is 16.8. The summed E-state index contributed by atoms with van der Waals surface area (Å²) >= 11 is 1.38. The molecule has 1 aromatic carbocycles. The van der Waals surface area contributed by atoms with Gasteiger partial charge in [-0.3, -0.25) is 4.79 Å². The lowest BCUT2D eigenvalue weighted by Gasteiger charge is -2.26. The fourth-order valence-corrected chi connectivity index (χ4v) is 3.66. The van der Waals surface area contributed by atoms with Crippen molar-refractivity contribution >= 4 is 17.2 Å². The van der Waals surface area contributed by atoms with Crippen LogP contribution in [0.5, 0.6) is 11.5 Å². The van der Waals surface area contributed by atoms with E-state index < -0.39 is 0 Å². The second kappa shape index (κ2) is 6.43. The second-order valence-electron chi connectivity index (χ2n) is 6.94. The van der Waals surface area contributed by atoms with Crippen molar-refractivity contribution in [1.29, 1.82) is 0 Å². The number of thiazole rings is 1. The van der Waals surface area contributed by atoms with Crippen molar-refractivity contribution in [3.63, 3.8) is 0 Å². The van der Waals surface area contributed by atoms with Crippen molar-refractivity contribution in [1.82, 2.24) is 10.3 Å². The average Bonchev–Trinajstić information content (AvgIpc) is 3.04. The van der Waals surface area contributed by atoms with Gasteiger partial charge in [0, 0.05) is 11.5 Å². The number of fused-ring (bicyclic) bond motifs is 1. The molecule has 2 aromatic rings. The summed E-state index contributed by atoms with van der Waals surface area (Å²) in [5.41, 5.74) is 3.49. The summed E-state index contributed by atoms with van der Waals surface area (Å²) in [6.45, 7) is 6.64. The monoisotopic (exact) mass is 346 g/mol. The Morgan fingerprint density at radius 1 is 1.42 bits per heavy atom. The van der Waals surface area contributed by atoms with Crippen LogP contribution in [0, 0.1) is 0 Å².